The van der Waals surface area contributed by atoms with E-state index >= 15 is 0 Å². The van der Waals surface area contributed by atoms with Gasteiger partial charge in [-0.1, -0.05) is 17.7 Å². The second-order valence-corrected chi connectivity index (χ2v) is 4.04. The van der Waals surface area contributed by atoms with Gasteiger partial charge in [-0.05, 0) is 24.6 Å². The van der Waals surface area contributed by atoms with Crippen LogP contribution in [0.2, 0.25) is 5.02 Å². The van der Waals surface area contributed by atoms with E-state index in [2.05, 4.69) is 9.97 Å². The molecule has 1 aromatic heterocycles. The molecule has 0 aliphatic heterocycles. The minimum atomic E-state index is 0.214. The van der Waals surface area contributed by atoms with Crippen LogP contribution in [0.3, 0.4) is 0 Å². The molecule has 2 rings (SSSR count). The van der Waals surface area contributed by atoms with Crippen LogP contribution in [0.25, 0.3) is 0 Å². The lowest BCUT2D eigenvalue weighted by Gasteiger charge is -2.11. The summed E-state index contributed by atoms with van der Waals surface area (Å²) < 4.78 is 10.7. The van der Waals surface area contributed by atoms with Crippen LogP contribution in [-0.4, -0.2) is 17.1 Å². The normalized spacial score (nSPS) is 10.2. The van der Waals surface area contributed by atoms with Crippen molar-refractivity contribution in [2.24, 2.45) is 0 Å². The molecule has 0 saturated carbocycles. The fourth-order valence-corrected chi connectivity index (χ4v) is 1.58. The number of halogens is 1. The summed E-state index contributed by atoms with van der Waals surface area (Å²) in [5, 5.41) is 0.486. The molecule has 0 aliphatic rings. The molecule has 0 spiro atoms. The summed E-state index contributed by atoms with van der Waals surface area (Å²) in [5.41, 5.74) is 6.69. The Bertz CT molecular complexity index is 575. The number of methoxy groups -OCH3 is 1. The molecule has 94 valence electrons. The van der Waals surface area contributed by atoms with E-state index in [4.69, 9.17) is 26.8 Å². The van der Waals surface area contributed by atoms with Gasteiger partial charge in [0.1, 0.15) is 12.1 Å². The second-order valence-electron chi connectivity index (χ2n) is 3.63. The Labute approximate surface area is 110 Å². The summed E-state index contributed by atoms with van der Waals surface area (Å²) in [5.74, 6) is 1.23. The fraction of sp³-hybridized carbons (Fsp3) is 0.167. The Balaban J connectivity index is 2.40. The average molecular weight is 266 g/mol. The Morgan fingerprint density at radius 2 is 2.06 bits per heavy atom. The maximum absolute atomic E-state index is 6.04. The van der Waals surface area contributed by atoms with Crippen LogP contribution < -0.4 is 15.2 Å². The third-order valence-corrected chi connectivity index (χ3v) is 2.61. The predicted octanol–water partition coefficient (Wildman–Crippen LogP) is 2.82. The number of ether oxygens (including phenoxy) is 2. The molecule has 6 heteroatoms. The van der Waals surface area contributed by atoms with Gasteiger partial charge in [-0.15, -0.1) is 0 Å². The number of nitrogen functional groups attached to an aromatic ring is 1. The van der Waals surface area contributed by atoms with E-state index in [0.29, 0.717) is 10.8 Å². The minimum absolute atomic E-state index is 0.214. The number of aryl methyl sites for hydroxylation is 1. The van der Waals surface area contributed by atoms with Gasteiger partial charge < -0.3 is 15.2 Å². The molecule has 0 aliphatic carbocycles. The van der Waals surface area contributed by atoms with Crippen LogP contribution in [0.5, 0.6) is 17.4 Å². The molecule has 5 nitrogen and oxygen atoms in total. The lowest BCUT2D eigenvalue weighted by molar-refractivity contribution is 0.369. The van der Waals surface area contributed by atoms with Crippen molar-refractivity contribution in [1.29, 1.82) is 0 Å². The number of nitrogens with zero attached hydrogens (tertiary/aromatic N) is 2. The highest BCUT2D eigenvalue weighted by Crippen LogP contribution is 2.35. The molecule has 0 radical (unpaired) electrons. The SMILES string of the molecule is COc1c(N)ncnc1Oc1cc(C)ccc1Cl. The van der Waals surface area contributed by atoms with Gasteiger partial charge in [0.15, 0.2) is 5.82 Å². The number of hydrogen-bond acceptors (Lipinski definition) is 5. The first-order chi connectivity index (χ1) is 8.61. The number of hydrogen-bond donors (Lipinski definition) is 1. The van der Waals surface area contributed by atoms with Gasteiger partial charge in [0, 0.05) is 0 Å². The van der Waals surface area contributed by atoms with Crippen LogP contribution in [-0.2, 0) is 0 Å². The molecule has 0 fully saturated rings. The third kappa shape index (κ3) is 2.46. The Morgan fingerprint density at radius 1 is 1.28 bits per heavy atom. The number of anilines is 1. The molecular formula is C12H12ClN3O2. The molecule has 0 saturated heterocycles. The number of aromatic nitrogens is 2. The summed E-state index contributed by atoms with van der Waals surface area (Å²) in [7, 11) is 1.47. The zero-order chi connectivity index (χ0) is 13.1. The van der Waals surface area contributed by atoms with E-state index in [1.165, 1.54) is 13.4 Å². The summed E-state index contributed by atoms with van der Waals surface area (Å²) >= 11 is 6.04. The zero-order valence-corrected chi connectivity index (χ0v) is 10.7. The Hall–Kier alpha value is -2.01. The highest BCUT2D eigenvalue weighted by Gasteiger charge is 2.13. The third-order valence-electron chi connectivity index (χ3n) is 2.30. The number of rotatable bonds is 3. The van der Waals surface area contributed by atoms with E-state index in [9.17, 15) is 0 Å². The molecule has 1 aromatic carbocycles. The van der Waals surface area contributed by atoms with Crippen LogP contribution in [0.1, 0.15) is 5.56 Å². The molecule has 0 unspecified atom stereocenters. The van der Waals surface area contributed by atoms with Crippen molar-refractivity contribution in [2.45, 2.75) is 6.92 Å². The molecular weight excluding hydrogens is 254 g/mol. The molecule has 2 N–H and O–H groups in total. The van der Waals surface area contributed by atoms with Crippen LogP contribution in [0.4, 0.5) is 5.82 Å². The fourth-order valence-electron chi connectivity index (χ4n) is 1.43. The number of nitrogens with two attached hydrogens (primary N) is 1. The van der Waals surface area contributed by atoms with E-state index in [0.717, 1.165) is 5.56 Å². The van der Waals surface area contributed by atoms with Crippen LogP contribution >= 0.6 is 11.6 Å². The monoisotopic (exact) mass is 265 g/mol. The highest BCUT2D eigenvalue weighted by molar-refractivity contribution is 6.32. The van der Waals surface area contributed by atoms with Gasteiger partial charge in [-0.2, -0.15) is 4.98 Å². The lowest BCUT2D eigenvalue weighted by atomic mass is 10.2. The van der Waals surface area contributed by atoms with Gasteiger partial charge in [0.2, 0.25) is 5.75 Å². The summed E-state index contributed by atoms with van der Waals surface area (Å²) in [6, 6.07) is 5.45. The smallest absolute Gasteiger partial charge is 0.268 e. The van der Waals surface area contributed by atoms with Crippen LogP contribution in [0.15, 0.2) is 24.5 Å². The molecule has 18 heavy (non-hydrogen) atoms. The summed E-state index contributed by atoms with van der Waals surface area (Å²) in [6.45, 7) is 1.94. The topological polar surface area (TPSA) is 70.3 Å². The molecule has 2 aromatic rings. The van der Waals surface area contributed by atoms with Gasteiger partial charge in [0.25, 0.3) is 5.88 Å². The van der Waals surface area contributed by atoms with Crippen molar-refractivity contribution < 1.29 is 9.47 Å². The van der Waals surface area contributed by atoms with Crippen molar-refractivity contribution in [3.63, 3.8) is 0 Å². The Morgan fingerprint density at radius 3 is 2.78 bits per heavy atom. The number of benzene rings is 1. The first-order valence-corrected chi connectivity index (χ1v) is 5.58. The first kappa shape index (κ1) is 12.4. The van der Waals surface area contributed by atoms with E-state index in [1.54, 1.807) is 12.1 Å². The van der Waals surface area contributed by atoms with Crippen molar-refractivity contribution in [3.8, 4) is 17.4 Å². The largest absolute Gasteiger partial charge is 0.489 e. The minimum Gasteiger partial charge on any atom is -0.489 e. The van der Waals surface area contributed by atoms with Gasteiger partial charge in [0.05, 0.1) is 12.1 Å². The average Bonchev–Trinajstić information content (AvgIpc) is 2.34. The van der Waals surface area contributed by atoms with Crippen molar-refractivity contribution >= 4 is 17.4 Å². The van der Waals surface area contributed by atoms with Crippen molar-refractivity contribution in [2.75, 3.05) is 12.8 Å². The zero-order valence-electron chi connectivity index (χ0n) is 9.98. The van der Waals surface area contributed by atoms with E-state index < -0.39 is 0 Å². The van der Waals surface area contributed by atoms with Crippen LogP contribution in [0, 0.1) is 6.92 Å². The summed E-state index contributed by atoms with van der Waals surface area (Å²) in [4.78, 5) is 7.80. The lowest BCUT2D eigenvalue weighted by Crippen LogP contribution is -2.00. The van der Waals surface area contributed by atoms with Gasteiger partial charge in [-0.25, -0.2) is 4.98 Å². The standard InChI is InChI=1S/C12H12ClN3O2/c1-7-3-4-8(13)9(5-7)18-12-10(17-2)11(14)15-6-16-12/h3-6H,1-2H3,(H2,14,15,16). The van der Waals surface area contributed by atoms with Crippen molar-refractivity contribution in [1.82, 2.24) is 9.97 Å². The molecule has 0 amide bonds. The summed E-state index contributed by atoms with van der Waals surface area (Å²) in [6.07, 6.45) is 1.30. The maximum atomic E-state index is 6.04. The molecule has 1 heterocycles. The van der Waals surface area contributed by atoms with Gasteiger partial charge >= 0.3 is 0 Å². The first-order valence-electron chi connectivity index (χ1n) is 5.20. The Kier molecular flexibility index (Phi) is 3.53. The highest BCUT2D eigenvalue weighted by atomic mass is 35.5. The predicted molar refractivity (Wildman–Crippen MR) is 69.3 cm³/mol. The maximum Gasteiger partial charge on any atom is 0.268 e. The quantitative estimate of drug-likeness (QED) is 0.924. The molecule has 0 bridgehead atoms. The van der Waals surface area contributed by atoms with Gasteiger partial charge in [-0.3, -0.25) is 0 Å². The second kappa shape index (κ2) is 5.10. The van der Waals surface area contributed by atoms with E-state index in [1.807, 2.05) is 13.0 Å². The molecule has 0 atom stereocenters. The van der Waals surface area contributed by atoms with Crippen molar-refractivity contribution in [3.05, 3.63) is 35.1 Å². The van der Waals surface area contributed by atoms with E-state index in [-0.39, 0.29) is 17.4 Å².